The van der Waals surface area contributed by atoms with Crippen molar-refractivity contribution in [3.63, 3.8) is 0 Å². The van der Waals surface area contributed by atoms with E-state index in [1.165, 1.54) is 0 Å². The molecule has 14 heavy (non-hydrogen) atoms. The molecule has 1 fully saturated rings. The van der Waals surface area contributed by atoms with E-state index in [1.54, 1.807) is 16.8 Å². The van der Waals surface area contributed by atoms with E-state index >= 15 is 0 Å². The molecule has 1 saturated heterocycles. The highest BCUT2D eigenvalue weighted by atomic mass is 32.1. The summed E-state index contributed by atoms with van der Waals surface area (Å²) in [5.41, 5.74) is 1.80. The first-order valence-electron chi connectivity index (χ1n) is 4.94. The van der Waals surface area contributed by atoms with Gasteiger partial charge in [0.15, 0.2) is 0 Å². The van der Waals surface area contributed by atoms with Crippen LogP contribution in [0.3, 0.4) is 0 Å². The number of thiazole rings is 1. The topological polar surface area (TPSA) is 42.4 Å². The van der Waals surface area contributed by atoms with Crippen molar-refractivity contribution < 1.29 is 9.84 Å². The fourth-order valence-electron chi connectivity index (χ4n) is 1.95. The lowest BCUT2D eigenvalue weighted by Crippen LogP contribution is -2.27. The highest BCUT2D eigenvalue weighted by Gasteiger charge is 2.30. The van der Waals surface area contributed by atoms with Crippen LogP contribution in [0.25, 0.3) is 0 Å². The predicted octanol–water partition coefficient (Wildman–Crippen LogP) is 1.47. The summed E-state index contributed by atoms with van der Waals surface area (Å²) < 4.78 is 5.43. The molecule has 1 N–H and O–H groups in total. The van der Waals surface area contributed by atoms with Gasteiger partial charge in [0.2, 0.25) is 0 Å². The van der Waals surface area contributed by atoms with Crippen molar-refractivity contribution in [3.05, 3.63) is 16.6 Å². The van der Waals surface area contributed by atoms with Gasteiger partial charge >= 0.3 is 0 Å². The van der Waals surface area contributed by atoms with Crippen molar-refractivity contribution in [2.45, 2.75) is 32.0 Å². The molecule has 0 spiro atoms. The van der Waals surface area contributed by atoms with Gasteiger partial charge in [0.25, 0.3) is 0 Å². The average Bonchev–Trinajstić information content (AvgIpc) is 2.75. The zero-order valence-corrected chi connectivity index (χ0v) is 9.04. The van der Waals surface area contributed by atoms with E-state index in [0.29, 0.717) is 6.42 Å². The molecule has 1 aliphatic heterocycles. The second-order valence-corrected chi connectivity index (χ2v) is 4.74. The minimum absolute atomic E-state index is 0.193. The molecule has 1 aliphatic rings. The van der Waals surface area contributed by atoms with Gasteiger partial charge < -0.3 is 9.84 Å². The first-order valence-corrected chi connectivity index (χ1v) is 5.82. The second-order valence-electron chi connectivity index (χ2n) is 3.77. The maximum absolute atomic E-state index is 9.99. The Morgan fingerprint density at radius 1 is 1.79 bits per heavy atom. The molecule has 0 amide bonds. The lowest BCUT2D eigenvalue weighted by Gasteiger charge is -2.19. The molecule has 2 rings (SSSR count). The van der Waals surface area contributed by atoms with Crippen LogP contribution in [0.5, 0.6) is 0 Å². The Kier molecular flexibility index (Phi) is 3.15. The van der Waals surface area contributed by atoms with Crippen LogP contribution in [0.4, 0.5) is 0 Å². The van der Waals surface area contributed by atoms with E-state index in [4.69, 9.17) is 4.74 Å². The number of aliphatic hydroxyl groups is 1. The number of hydrogen-bond acceptors (Lipinski definition) is 4. The molecule has 4 heteroatoms. The summed E-state index contributed by atoms with van der Waals surface area (Å²) in [4.78, 5) is 5.15. The van der Waals surface area contributed by atoms with Crippen LogP contribution >= 0.6 is 11.3 Å². The van der Waals surface area contributed by atoms with E-state index in [2.05, 4.69) is 4.98 Å². The van der Waals surface area contributed by atoms with Crippen LogP contribution in [0.15, 0.2) is 11.7 Å². The Morgan fingerprint density at radius 3 is 3.21 bits per heavy atom. The molecule has 78 valence electrons. The molecule has 0 radical (unpaired) electrons. The van der Waals surface area contributed by atoms with E-state index in [0.717, 1.165) is 17.9 Å². The van der Waals surface area contributed by atoms with E-state index in [-0.39, 0.29) is 18.1 Å². The van der Waals surface area contributed by atoms with E-state index < -0.39 is 0 Å². The Balaban J connectivity index is 1.92. The molecule has 2 heterocycles. The quantitative estimate of drug-likeness (QED) is 0.826. The first-order chi connectivity index (χ1) is 6.77. The highest BCUT2D eigenvalue weighted by Crippen LogP contribution is 2.26. The first kappa shape index (κ1) is 10.1. The molecule has 1 aromatic heterocycles. The summed E-state index contributed by atoms with van der Waals surface area (Å²) in [7, 11) is 0. The van der Waals surface area contributed by atoms with Crippen molar-refractivity contribution in [1.29, 1.82) is 0 Å². The smallest absolute Gasteiger partial charge is 0.0794 e. The van der Waals surface area contributed by atoms with Crippen LogP contribution < -0.4 is 0 Å². The van der Waals surface area contributed by atoms with Gasteiger partial charge in [-0.2, -0.15) is 0 Å². The SMILES string of the molecule is CC1OCCC1C(O)Cc1cncs1. The number of ether oxygens (including phenoxy) is 1. The molecule has 0 saturated carbocycles. The van der Waals surface area contributed by atoms with Gasteiger partial charge in [-0.05, 0) is 13.3 Å². The lowest BCUT2D eigenvalue weighted by atomic mass is 9.93. The van der Waals surface area contributed by atoms with Crippen LogP contribution in [-0.4, -0.2) is 28.9 Å². The zero-order valence-electron chi connectivity index (χ0n) is 8.22. The molecular weight excluding hydrogens is 198 g/mol. The molecule has 3 unspecified atom stereocenters. The van der Waals surface area contributed by atoms with Crippen molar-refractivity contribution in [2.24, 2.45) is 5.92 Å². The maximum Gasteiger partial charge on any atom is 0.0794 e. The summed E-state index contributed by atoms with van der Waals surface area (Å²) in [6, 6.07) is 0. The molecular formula is C10H15NO2S. The standard InChI is InChI=1S/C10H15NO2S/c1-7-9(2-3-13-7)10(12)4-8-5-11-6-14-8/h5-7,9-10,12H,2-4H2,1H3. The normalized spacial score (nSPS) is 29.3. The number of hydrogen-bond donors (Lipinski definition) is 1. The minimum atomic E-state index is -0.284. The van der Waals surface area contributed by atoms with Crippen molar-refractivity contribution in [3.8, 4) is 0 Å². The molecule has 0 bridgehead atoms. The average molecular weight is 213 g/mol. The third kappa shape index (κ3) is 2.13. The Labute approximate surface area is 87.7 Å². The summed E-state index contributed by atoms with van der Waals surface area (Å²) in [6.07, 6.45) is 3.42. The maximum atomic E-state index is 9.99. The van der Waals surface area contributed by atoms with Crippen LogP contribution in [0.1, 0.15) is 18.2 Å². The van der Waals surface area contributed by atoms with Crippen LogP contribution in [-0.2, 0) is 11.2 Å². The van der Waals surface area contributed by atoms with Gasteiger partial charge in [0, 0.05) is 30.0 Å². The third-order valence-electron chi connectivity index (χ3n) is 2.82. The molecule has 0 aromatic carbocycles. The van der Waals surface area contributed by atoms with Crippen molar-refractivity contribution in [2.75, 3.05) is 6.61 Å². The summed E-state index contributed by atoms with van der Waals surface area (Å²) >= 11 is 1.60. The van der Waals surface area contributed by atoms with Crippen molar-refractivity contribution >= 4 is 11.3 Å². The second kappa shape index (κ2) is 4.38. The molecule has 3 nitrogen and oxygen atoms in total. The van der Waals surface area contributed by atoms with E-state index in [9.17, 15) is 5.11 Å². The van der Waals surface area contributed by atoms with E-state index in [1.807, 2.05) is 13.1 Å². The zero-order chi connectivity index (χ0) is 9.97. The summed E-state index contributed by atoms with van der Waals surface area (Å²) in [6.45, 7) is 2.82. The van der Waals surface area contributed by atoms with Gasteiger partial charge in [-0.25, -0.2) is 0 Å². The lowest BCUT2D eigenvalue weighted by molar-refractivity contribution is 0.0444. The molecule has 0 aliphatic carbocycles. The number of aliphatic hydroxyl groups excluding tert-OH is 1. The number of rotatable bonds is 3. The molecule has 1 aromatic rings. The van der Waals surface area contributed by atoms with Gasteiger partial charge in [0.05, 0.1) is 17.7 Å². The van der Waals surface area contributed by atoms with Crippen LogP contribution in [0, 0.1) is 5.92 Å². The van der Waals surface area contributed by atoms with Gasteiger partial charge in [-0.3, -0.25) is 4.98 Å². The van der Waals surface area contributed by atoms with Gasteiger partial charge in [-0.1, -0.05) is 0 Å². The Bertz CT molecular complexity index is 276. The number of aromatic nitrogens is 1. The summed E-state index contributed by atoms with van der Waals surface area (Å²) in [5, 5.41) is 9.99. The fraction of sp³-hybridized carbons (Fsp3) is 0.700. The highest BCUT2D eigenvalue weighted by molar-refractivity contribution is 7.09. The van der Waals surface area contributed by atoms with Gasteiger partial charge in [0.1, 0.15) is 0 Å². The third-order valence-corrected chi connectivity index (χ3v) is 3.62. The Morgan fingerprint density at radius 2 is 2.64 bits per heavy atom. The largest absolute Gasteiger partial charge is 0.392 e. The fourth-order valence-corrected chi connectivity index (χ4v) is 2.60. The Hall–Kier alpha value is -0.450. The van der Waals surface area contributed by atoms with Crippen LogP contribution in [0.2, 0.25) is 0 Å². The minimum Gasteiger partial charge on any atom is -0.392 e. The monoisotopic (exact) mass is 213 g/mol. The van der Waals surface area contributed by atoms with Crippen molar-refractivity contribution in [1.82, 2.24) is 4.98 Å². The van der Waals surface area contributed by atoms with Gasteiger partial charge in [-0.15, -0.1) is 11.3 Å². The summed E-state index contributed by atoms with van der Waals surface area (Å²) in [5.74, 6) is 0.289. The molecule has 3 atom stereocenters. The predicted molar refractivity (Wildman–Crippen MR) is 55.3 cm³/mol. The number of nitrogens with zero attached hydrogens (tertiary/aromatic N) is 1.